The standard InChI is InChI=1S/C9H19NO3S/c1-8(2)10(7-9-3-4-9)14(12,13)6-5-11/h8-9,11H,3-7H2,1-2H3. The Labute approximate surface area is 86.0 Å². The first kappa shape index (κ1) is 11.9. The highest BCUT2D eigenvalue weighted by molar-refractivity contribution is 7.89. The first-order valence-electron chi connectivity index (χ1n) is 5.07. The molecule has 0 aliphatic heterocycles. The van der Waals surface area contributed by atoms with E-state index in [-0.39, 0.29) is 18.4 Å². The lowest BCUT2D eigenvalue weighted by molar-refractivity contribution is 0.305. The molecule has 0 aromatic heterocycles. The highest BCUT2D eigenvalue weighted by atomic mass is 32.2. The Morgan fingerprint density at radius 1 is 1.43 bits per heavy atom. The lowest BCUT2D eigenvalue weighted by atomic mass is 10.3. The minimum absolute atomic E-state index is 0.00727. The summed E-state index contributed by atoms with van der Waals surface area (Å²) in [6, 6.07) is -0.00727. The minimum Gasteiger partial charge on any atom is -0.395 e. The number of nitrogens with zero attached hydrogens (tertiary/aromatic N) is 1. The van der Waals surface area contributed by atoms with Crippen LogP contribution in [0.25, 0.3) is 0 Å². The summed E-state index contributed by atoms with van der Waals surface area (Å²) in [6.07, 6.45) is 2.27. The van der Waals surface area contributed by atoms with E-state index in [4.69, 9.17) is 5.11 Å². The molecule has 0 spiro atoms. The molecule has 5 heteroatoms. The van der Waals surface area contributed by atoms with E-state index in [0.29, 0.717) is 12.5 Å². The van der Waals surface area contributed by atoms with E-state index in [1.807, 2.05) is 13.8 Å². The first-order valence-corrected chi connectivity index (χ1v) is 6.68. The quantitative estimate of drug-likeness (QED) is 0.707. The Hall–Kier alpha value is -0.130. The summed E-state index contributed by atoms with van der Waals surface area (Å²) in [5, 5.41) is 8.68. The van der Waals surface area contributed by atoms with E-state index >= 15 is 0 Å². The van der Waals surface area contributed by atoms with Gasteiger partial charge >= 0.3 is 0 Å². The van der Waals surface area contributed by atoms with Gasteiger partial charge in [0.2, 0.25) is 10.0 Å². The molecule has 0 radical (unpaired) electrons. The summed E-state index contributed by atoms with van der Waals surface area (Å²) in [5.41, 5.74) is 0. The SMILES string of the molecule is CC(C)N(CC1CC1)S(=O)(=O)CCO. The van der Waals surface area contributed by atoms with Crippen molar-refractivity contribution in [1.82, 2.24) is 4.31 Å². The van der Waals surface area contributed by atoms with E-state index in [0.717, 1.165) is 12.8 Å². The molecule has 14 heavy (non-hydrogen) atoms. The second-order valence-corrected chi connectivity index (χ2v) is 6.19. The summed E-state index contributed by atoms with van der Waals surface area (Å²) >= 11 is 0. The molecule has 1 N–H and O–H groups in total. The largest absolute Gasteiger partial charge is 0.395 e. The molecule has 84 valence electrons. The van der Waals surface area contributed by atoms with Crippen LogP contribution in [0.4, 0.5) is 0 Å². The Bertz CT molecular complexity index is 270. The summed E-state index contributed by atoms with van der Waals surface area (Å²) in [5.74, 6) is 0.392. The van der Waals surface area contributed by atoms with Gasteiger partial charge in [0.15, 0.2) is 0 Å². The predicted octanol–water partition coefficient (Wildman–Crippen LogP) is 0.429. The fraction of sp³-hybridized carbons (Fsp3) is 1.00. The van der Waals surface area contributed by atoms with Gasteiger partial charge in [-0.1, -0.05) is 0 Å². The molecule has 1 saturated carbocycles. The molecule has 4 nitrogen and oxygen atoms in total. The molecule has 0 amide bonds. The van der Waals surface area contributed by atoms with Crippen molar-refractivity contribution in [2.75, 3.05) is 18.9 Å². The van der Waals surface area contributed by atoms with E-state index in [1.165, 1.54) is 4.31 Å². The molecule has 0 saturated heterocycles. The molecule has 1 aliphatic carbocycles. The van der Waals surface area contributed by atoms with Crippen molar-refractivity contribution >= 4 is 10.0 Å². The average Bonchev–Trinajstić information content (AvgIpc) is 2.81. The molecule has 1 rings (SSSR count). The molecule has 0 heterocycles. The molecule has 0 unspecified atom stereocenters. The second kappa shape index (κ2) is 4.59. The van der Waals surface area contributed by atoms with Crippen LogP contribution in [0, 0.1) is 5.92 Å². The van der Waals surface area contributed by atoms with Gasteiger partial charge in [-0.3, -0.25) is 0 Å². The lowest BCUT2D eigenvalue weighted by Crippen LogP contribution is -2.40. The van der Waals surface area contributed by atoms with Crippen LogP contribution in [-0.4, -0.2) is 42.8 Å². The molecule has 1 fully saturated rings. The molecular formula is C9H19NO3S. The van der Waals surface area contributed by atoms with Gasteiger partial charge in [0.25, 0.3) is 0 Å². The van der Waals surface area contributed by atoms with Crippen LogP contribution in [0.5, 0.6) is 0 Å². The van der Waals surface area contributed by atoms with Gasteiger partial charge in [0.05, 0.1) is 12.4 Å². The molecule has 1 aliphatic rings. The number of aliphatic hydroxyl groups excluding tert-OH is 1. The summed E-state index contributed by atoms with van der Waals surface area (Å²) in [6.45, 7) is 4.07. The van der Waals surface area contributed by atoms with E-state index < -0.39 is 10.0 Å². The maximum absolute atomic E-state index is 11.7. The first-order chi connectivity index (χ1) is 6.47. The maximum atomic E-state index is 11.7. The van der Waals surface area contributed by atoms with Gasteiger partial charge < -0.3 is 5.11 Å². The Kier molecular flexibility index (Phi) is 3.92. The fourth-order valence-corrected chi connectivity index (χ4v) is 2.98. The minimum atomic E-state index is -3.24. The van der Waals surface area contributed by atoms with Gasteiger partial charge in [0.1, 0.15) is 0 Å². The number of hydrogen-bond donors (Lipinski definition) is 1. The zero-order valence-corrected chi connectivity index (χ0v) is 9.63. The topological polar surface area (TPSA) is 57.6 Å². The zero-order chi connectivity index (χ0) is 10.8. The second-order valence-electron chi connectivity index (χ2n) is 4.15. The average molecular weight is 221 g/mol. The number of aliphatic hydroxyl groups is 1. The van der Waals surface area contributed by atoms with Crippen molar-refractivity contribution in [3.05, 3.63) is 0 Å². The number of hydrogen-bond acceptors (Lipinski definition) is 3. The van der Waals surface area contributed by atoms with Crippen LogP contribution in [0.1, 0.15) is 26.7 Å². The van der Waals surface area contributed by atoms with Gasteiger partial charge in [-0.25, -0.2) is 8.42 Å². The van der Waals surface area contributed by atoms with Crippen molar-refractivity contribution in [3.63, 3.8) is 0 Å². The van der Waals surface area contributed by atoms with Crippen LogP contribution < -0.4 is 0 Å². The predicted molar refractivity (Wildman–Crippen MR) is 55.4 cm³/mol. The van der Waals surface area contributed by atoms with Gasteiger partial charge in [-0.2, -0.15) is 4.31 Å². The molecule has 0 aromatic rings. The number of rotatable bonds is 6. The van der Waals surface area contributed by atoms with E-state index in [2.05, 4.69) is 0 Å². The smallest absolute Gasteiger partial charge is 0.216 e. The van der Waals surface area contributed by atoms with Crippen LogP contribution in [-0.2, 0) is 10.0 Å². The zero-order valence-electron chi connectivity index (χ0n) is 8.81. The Morgan fingerprint density at radius 3 is 2.36 bits per heavy atom. The molecule has 0 aromatic carbocycles. The highest BCUT2D eigenvalue weighted by Crippen LogP contribution is 2.31. The summed E-state index contributed by atoms with van der Waals surface area (Å²) in [7, 11) is -3.24. The van der Waals surface area contributed by atoms with Crippen LogP contribution in [0.2, 0.25) is 0 Å². The number of sulfonamides is 1. The monoisotopic (exact) mass is 221 g/mol. The third kappa shape index (κ3) is 3.22. The van der Waals surface area contributed by atoms with Gasteiger partial charge in [0, 0.05) is 12.6 Å². The van der Waals surface area contributed by atoms with Crippen LogP contribution >= 0.6 is 0 Å². The van der Waals surface area contributed by atoms with Crippen LogP contribution in [0.15, 0.2) is 0 Å². The Morgan fingerprint density at radius 2 is 2.00 bits per heavy atom. The van der Waals surface area contributed by atoms with E-state index in [1.54, 1.807) is 0 Å². The van der Waals surface area contributed by atoms with E-state index in [9.17, 15) is 8.42 Å². The van der Waals surface area contributed by atoms with Crippen LogP contribution in [0.3, 0.4) is 0 Å². The molecular weight excluding hydrogens is 202 g/mol. The molecule has 0 bridgehead atoms. The fourth-order valence-electron chi connectivity index (χ4n) is 1.43. The van der Waals surface area contributed by atoms with Crippen molar-refractivity contribution in [1.29, 1.82) is 0 Å². The highest BCUT2D eigenvalue weighted by Gasteiger charge is 2.31. The van der Waals surface area contributed by atoms with Gasteiger partial charge in [-0.05, 0) is 32.6 Å². The third-order valence-corrected chi connectivity index (χ3v) is 4.40. The van der Waals surface area contributed by atoms with Crippen molar-refractivity contribution in [2.24, 2.45) is 5.92 Å². The lowest BCUT2D eigenvalue weighted by Gasteiger charge is -2.25. The van der Waals surface area contributed by atoms with Crippen molar-refractivity contribution in [2.45, 2.75) is 32.7 Å². The molecule has 0 atom stereocenters. The summed E-state index contributed by atoms with van der Waals surface area (Å²) in [4.78, 5) is 0. The summed E-state index contributed by atoms with van der Waals surface area (Å²) < 4.78 is 24.9. The van der Waals surface area contributed by atoms with Crippen molar-refractivity contribution in [3.8, 4) is 0 Å². The van der Waals surface area contributed by atoms with Crippen molar-refractivity contribution < 1.29 is 13.5 Å². The Balaban J connectivity index is 2.64. The normalized spacial score (nSPS) is 18.1. The maximum Gasteiger partial charge on any atom is 0.216 e. The third-order valence-electron chi connectivity index (χ3n) is 2.42. The van der Waals surface area contributed by atoms with Gasteiger partial charge in [-0.15, -0.1) is 0 Å².